The highest BCUT2D eigenvalue weighted by Crippen LogP contribution is 2.30. The first-order valence-corrected chi connectivity index (χ1v) is 37.9. The van der Waals surface area contributed by atoms with E-state index in [1.807, 2.05) is 0 Å². The lowest BCUT2D eigenvalue weighted by molar-refractivity contribution is -0.359. The van der Waals surface area contributed by atoms with Gasteiger partial charge >= 0.3 is 0 Å². The maximum absolute atomic E-state index is 13.4. The summed E-state index contributed by atoms with van der Waals surface area (Å²) in [7, 11) is 0. The summed E-state index contributed by atoms with van der Waals surface area (Å²) in [5, 5.41) is 87.8. The summed E-state index contributed by atoms with van der Waals surface area (Å²) < 4.78 is 23.0. The van der Waals surface area contributed by atoms with Crippen LogP contribution in [0.1, 0.15) is 335 Å². The lowest BCUT2D eigenvalue weighted by atomic mass is 9.97. The van der Waals surface area contributed by atoms with Crippen LogP contribution in [0.2, 0.25) is 0 Å². The number of hydrogen-bond acceptors (Lipinski definition) is 13. The molecule has 2 aliphatic rings. The van der Waals surface area contributed by atoms with Crippen molar-refractivity contribution in [2.75, 3.05) is 19.8 Å². The molecule has 0 aromatic rings. The summed E-state index contributed by atoms with van der Waals surface area (Å²) in [4.78, 5) is 13.4. The van der Waals surface area contributed by atoms with Crippen molar-refractivity contribution in [1.29, 1.82) is 0 Å². The van der Waals surface area contributed by atoms with Gasteiger partial charge in [-0.3, -0.25) is 4.79 Å². The second-order valence-corrected chi connectivity index (χ2v) is 26.8. The normalized spacial score (nSPS) is 23.1. The second kappa shape index (κ2) is 60.6. The van der Waals surface area contributed by atoms with Crippen LogP contribution < -0.4 is 5.32 Å². The van der Waals surface area contributed by atoms with Gasteiger partial charge in [0.15, 0.2) is 12.6 Å². The van der Waals surface area contributed by atoms with Crippen molar-refractivity contribution in [3.8, 4) is 0 Å². The first kappa shape index (κ1) is 84.0. The third kappa shape index (κ3) is 43.8. The van der Waals surface area contributed by atoms with Crippen LogP contribution in [-0.4, -0.2) is 140 Å². The number of carbonyl (C=O) groups is 1. The second-order valence-electron chi connectivity index (χ2n) is 26.8. The maximum Gasteiger partial charge on any atom is 0.220 e. The molecular weight excluding hydrogens is 1130 g/mol. The Kier molecular flexibility index (Phi) is 56.6. The summed E-state index contributed by atoms with van der Waals surface area (Å²) >= 11 is 0. The average molecular weight is 1280 g/mol. The highest BCUT2D eigenvalue weighted by atomic mass is 16.7. The van der Waals surface area contributed by atoms with E-state index in [9.17, 15) is 45.6 Å². The Morgan fingerprint density at radius 3 is 1.18 bits per heavy atom. The molecule has 0 radical (unpaired) electrons. The van der Waals surface area contributed by atoms with E-state index in [-0.39, 0.29) is 12.5 Å². The smallest absolute Gasteiger partial charge is 0.220 e. The monoisotopic (exact) mass is 1280 g/mol. The van der Waals surface area contributed by atoms with Crippen molar-refractivity contribution in [3.05, 3.63) is 48.6 Å². The zero-order chi connectivity index (χ0) is 65.2. The first-order chi connectivity index (χ1) is 44.1. The van der Waals surface area contributed by atoms with Gasteiger partial charge in [-0.2, -0.15) is 0 Å². The number of rotatable bonds is 63. The Hall–Kier alpha value is -2.05. The summed E-state index contributed by atoms with van der Waals surface area (Å²) in [5.41, 5.74) is 0. The van der Waals surface area contributed by atoms with Crippen LogP contribution in [0.3, 0.4) is 0 Å². The van der Waals surface area contributed by atoms with E-state index >= 15 is 0 Å². The number of ether oxygens (including phenoxy) is 4. The minimum Gasteiger partial charge on any atom is -0.394 e. The molecule has 12 unspecified atom stereocenters. The van der Waals surface area contributed by atoms with Crippen LogP contribution in [0, 0.1) is 0 Å². The molecular formula is C76H141NO13. The molecule has 528 valence electrons. The van der Waals surface area contributed by atoms with Crippen LogP contribution in [0.4, 0.5) is 0 Å². The van der Waals surface area contributed by atoms with E-state index in [1.165, 1.54) is 231 Å². The predicted molar refractivity (Wildman–Crippen MR) is 369 cm³/mol. The minimum absolute atomic E-state index is 0.202. The molecule has 0 spiro atoms. The fraction of sp³-hybridized carbons (Fsp3) is 0.882. The minimum atomic E-state index is -1.78. The molecule has 1 amide bonds. The van der Waals surface area contributed by atoms with Gasteiger partial charge in [0.1, 0.15) is 48.8 Å². The van der Waals surface area contributed by atoms with Crippen molar-refractivity contribution in [2.24, 2.45) is 0 Å². The van der Waals surface area contributed by atoms with E-state index in [0.29, 0.717) is 12.8 Å². The Morgan fingerprint density at radius 2 is 0.767 bits per heavy atom. The molecule has 0 aliphatic carbocycles. The fourth-order valence-corrected chi connectivity index (χ4v) is 12.6. The maximum atomic E-state index is 13.4. The van der Waals surface area contributed by atoms with Crippen molar-refractivity contribution >= 4 is 5.91 Å². The molecule has 2 heterocycles. The van der Waals surface area contributed by atoms with Gasteiger partial charge in [-0.25, -0.2) is 0 Å². The molecule has 12 atom stereocenters. The number of aliphatic hydroxyl groups excluding tert-OH is 8. The van der Waals surface area contributed by atoms with Gasteiger partial charge < -0.3 is 65.1 Å². The van der Waals surface area contributed by atoms with Crippen LogP contribution >= 0.6 is 0 Å². The van der Waals surface area contributed by atoms with Crippen LogP contribution in [-0.2, 0) is 23.7 Å². The molecule has 0 aromatic carbocycles. The van der Waals surface area contributed by atoms with Crippen LogP contribution in [0.5, 0.6) is 0 Å². The fourth-order valence-electron chi connectivity index (χ4n) is 12.6. The van der Waals surface area contributed by atoms with Crippen molar-refractivity contribution in [2.45, 2.75) is 408 Å². The van der Waals surface area contributed by atoms with E-state index in [2.05, 4.69) is 67.8 Å². The van der Waals surface area contributed by atoms with Crippen molar-refractivity contribution in [1.82, 2.24) is 5.32 Å². The molecule has 2 aliphatic heterocycles. The molecule has 14 nitrogen and oxygen atoms in total. The van der Waals surface area contributed by atoms with E-state index < -0.39 is 86.8 Å². The lowest BCUT2D eigenvalue weighted by Crippen LogP contribution is -2.65. The third-order valence-corrected chi connectivity index (χ3v) is 18.6. The molecule has 0 aromatic heterocycles. The predicted octanol–water partition coefficient (Wildman–Crippen LogP) is 16.2. The molecule has 2 rings (SSSR count). The van der Waals surface area contributed by atoms with Crippen LogP contribution in [0.25, 0.3) is 0 Å². The summed E-state index contributed by atoms with van der Waals surface area (Å²) in [6, 6.07) is -0.831. The van der Waals surface area contributed by atoms with Gasteiger partial charge in [0.25, 0.3) is 0 Å². The highest BCUT2D eigenvalue weighted by Gasteiger charge is 2.51. The first-order valence-electron chi connectivity index (χ1n) is 37.9. The van der Waals surface area contributed by atoms with Gasteiger partial charge in [-0.15, -0.1) is 0 Å². The molecule has 90 heavy (non-hydrogen) atoms. The average Bonchev–Trinajstić information content (AvgIpc) is 1.26. The number of amides is 1. The largest absolute Gasteiger partial charge is 0.394 e. The summed E-state index contributed by atoms with van der Waals surface area (Å²) in [6.45, 7) is 2.80. The third-order valence-electron chi connectivity index (χ3n) is 18.6. The van der Waals surface area contributed by atoms with Crippen molar-refractivity contribution in [3.63, 3.8) is 0 Å². The van der Waals surface area contributed by atoms with E-state index in [1.54, 1.807) is 0 Å². The topological polar surface area (TPSA) is 228 Å². The van der Waals surface area contributed by atoms with Gasteiger partial charge in [0, 0.05) is 6.42 Å². The molecule has 0 saturated carbocycles. The number of aliphatic hydroxyl groups is 8. The Labute approximate surface area is 550 Å². The standard InChI is InChI=1S/C76H141NO13/c1-3-5-7-9-11-13-15-17-19-21-23-25-27-29-31-32-34-36-38-40-42-44-46-48-50-52-54-56-58-60-68(81)77-64(63-87-75-73(86)71(84)74(67(62-79)89-75)90-76-72(85)70(83)69(82)66(61-78)88-76)65(80)59-57-55-53-51-49-47-45-43-41-39-37-35-33-30-28-26-24-22-20-18-16-14-12-10-8-6-4-2/h5,7,11,13,17,19,23,25,64-67,69-76,78-80,82-86H,3-4,6,8-10,12,14-16,18,20-22,24,26-63H2,1-2H3,(H,77,81)/b7-5-,13-11-,19-17-,25-23-. The number of carbonyl (C=O) groups excluding carboxylic acids is 1. The van der Waals surface area contributed by atoms with Gasteiger partial charge in [-0.05, 0) is 51.4 Å². The molecule has 2 saturated heterocycles. The number of allylic oxidation sites excluding steroid dienone is 8. The summed E-state index contributed by atoms with van der Waals surface area (Å²) in [6.07, 6.45) is 62.8. The zero-order valence-corrected chi connectivity index (χ0v) is 57.6. The Morgan fingerprint density at radius 1 is 0.411 bits per heavy atom. The lowest BCUT2D eigenvalue weighted by Gasteiger charge is -2.46. The zero-order valence-electron chi connectivity index (χ0n) is 57.6. The molecule has 9 N–H and O–H groups in total. The highest BCUT2D eigenvalue weighted by molar-refractivity contribution is 5.76. The van der Waals surface area contributed by atoms with Gasteiger partial charge in [0.2, 0.25) is 5.91 Å². The van der Waals surface area contributed by atoms with E-state index in [4.69, 9.17) is 18.9 Å². The van der Waals surface area contributed by atoms with Crippen molar-refractivity contribution < 1.29 is 64.6 Å². The Balaban J connectivity index is 1.63. The quantitative estimate of drug-likeness (QED) is 0.0204. The van der Waals surface area contributed by atoms with Gasteiger partial charge in [0.05, 0.1) is 32.0 Å². The Bertz CT molecular complexity index is 1690. The van der Waals surface area contributed by atoms with Gasteiger partial charge in [-0.1, -0.05) is 326 Å². The molecule has 0 bridgehead atoms. The number of hydrogen-bond donors (Lipinski definition) is 9. The SMILES string of the molecule is CC/C=C\C/C=C\C/C=C\C/C=C\CCCCCCCCCCCCCCCCCCC(=O)NC(COC1OC(CO)C(OC2OC(CO)C(O)C(O)C2O)C(O)C1O)C(O)CCCCCCCCCCCCCCCCCCCCCCCCCCCCC. The summed E-state index contributed by atoms with van der Waals surface area (Å²) in [5.74, 6) is -0.202. The molecule has 2 fully saturated rings. The van der Waals surface area contributed by atoms with E-state index in [0.717, 1.165) is 77.0 Å². The van der Waals surface area contributed by atoms with Crippen LogP contribution in [0.15, 0.2) is 48.6 Å². The molecule has 14 heteroatoms. The number of unbranched alkanes of at least 4 members (excludes halogenated alkanes) is 42. The number of nitrogens with one attached hydrogen (secondary N) is 1.